The zero-order valence-electron chi connectivity index (χ0n) is 10.5. The molecule has 0 saturated heterocycles. The molecule has 0 radical (unpaired) electrons. The number of nitrogens with one attached hydrogen (secondary N) is 1. The summed E-state index contributed by atoms with van der Waals surface area (Å²) in [4.78, 5) is 32.7. The van der Waals surface area contributed by atoms with Crippen molar-refractivity contribution in [1.82, 2.24) is 5.32 Å². The van der Waals surface area contributed by atoms with E-state index < -0.39 is 24.0 Å². The normalized spacial score (nSPS) is 11.2. The van der Waals surface area contributed by atoms with Gasteiger partial charge in [-0.05, 0) is 13.8 Å². The number of urea groups is 1. The van der Waals surface area contributed by atoms with Gasteiger partial charge in [0.2, 0.25) is 0 Å². The van der Waals surface area contributed by atoms with Gasteiger partial charge >= 0.3 is 18.0 Å². The Morgan fingerprint density at radius 3 is 2.33 bits per heavy atom. The number of hydrogen-bond donors (Lipinski definition) is 2. The fourth-order valence-electron chi connectivity index (χ4n) is 1.02. The molecule has 0 aliphatic rings. The molecular formula is C11H18N2O5. The summed E-state index contributed by atoms with van der Waals surface area (Å²) in [6.45, 7) is 6.47. The molecule has 1 atom stereocenters. The van der Waals surface area contributed by atoms with Crippen LogP contribution >= 0.6 is 0 Å². The van der Waals surface area contributed by atoms with Crippen molar-refractivity contribution in [2.24, 2.45) is 5.73 Å². The first-order valence-corrected chi connectivity index (χ1v) is 5.37. The molecule has 1 unspecified atom stereocenters. The zero-order valence-corrected chi connectivity index (χ0v) is 10.5. The van der Waals surface area contributed by atoms with Crippen LogP contribution in [-0.2, 0) is 19.1 Å². The van der Waals surface area contributed by atoms with E-state index in [1.54, 1.807) is 6.92 Å². The summed E-state index contributed by atoms with van der Waals surface area (Å²) in [5.41, 5.74) is 5.16. The Hall–Kier alpha value is -2.05. The lowest BCUT2D eigenvalue weighted by Gasteiger charge is -2.11. The van der Waals surface area contributed by atoms with Crippen molar-refractivity contribution in [3.8, 4) is 0 Å². The van der Waals surface area contributed by atoms with Gasteiger partial charge in [-0.1, -0.05) is 6.58 Å². The van der Waals surface area contributed by atoms with E-state index in [0.717, 1.165) is 0 Å². The Bertz CT molecular complexity index is 340. The summed E-state index contributed by atoms with van der Waals surface area (Å²) in [6.07, 6.45) is -0.00261. The van der Waals surface area contributed by atoms with Crippen LogP contribution in [0.4, 0.5) is 4.79 Å². The molecule has 0 rings (SSSR count). The number of carbonyl (C=O) groups excluding carboxylic acids is 3. The monoisotopic (exact) mass is 258 g/mol. The van der Waals surface area contributed by atoms with Gasteiger partial charge in [-0.2, -0.15) is 0 Å². The fourth-order valence-corrected chi connectivity index (χ4v) is 1.02. The van der Waals surface area contributed by atoms with Crippen LogP contribution < -0.4 is 11.1 Å². The largest absolute Gasteiger partial charge is 0.462 e. The number of carbonyl (C=O) groups is 3. The lowest BCUT2D eigenvalue weighted by atomic mass is 10.2. The van der Waals surface area contributed by atoms with Gasteiger partial charge in [0.25, 0.3) is 0 Å². The van der Waals surface area contributed by atoms with Gasteiger partial charge in [0, 0.05) is 11.6 Å². The molecule has 7 heteroatoms. The van der Waals surface area contributed by atoms with E-state index in [0.29, 0.717) is 0 Å². The third-order valence-corrected chi connectivity index (χ3v) is 1.79. The van der Waals surface area contributed by atoms with E-state index in [1.807, 2.05) is 0 Å². The Morgan fingerprint density at radius 2 is 1.83 bits per heavy atom. The average Bonchev–Trinajstić information content (AvgIpc) is 2.22. The third kappa shape index (κ3) is 8.14. The summed E-state index contributed by atoms with van der Waals surface area (Å²) in [5.74, 6) is -1.04. The predicted octanol–water partition coefficient (Wildman–Crippen LogP) is 0.0958. The molecule has 0 fully saturated rings. The Balaban J connectivity index is 3.68. The van der Waals surface area contributed by atoms with Crippen LogP contribution in [0.25, 0.3) is 0 Å². The zero-order chi connectivity index (χ0) is 14.1. The summed E-state index contributed by atoms with van der Waals surface area (Å²) < 4.78 is 9.50. The Morgan fingerprint density at radius 1 is 1.28 bits per heavy atom. The number of rotatable bonds is 7. The molecule has 0 aromatic rings. The predicted molar refractivity (Wildman–Crippen MR) is 63.5 cm³/mol. The number of amides is 2. The number of hydrogen-bond acceptors (Lipinski definition) is 5. The summed E-state index contributed by atoms with van der Waals surface area (Å²) >= 11 is 0. The second-order valence-corrected chi connectivity index (χ2v) is 3.75. The first-order valence-electron chi connectivity index (χ1n) is 5.37. The molecule has 0 aliphatic carbocycles. The third-order valence-electron chi connectivity index (χ3n) is 1.79. The highest BCUT2D eigenvalue weighted by Gasteiger charge is 2.11. The van der Waals surface area contributed by atoms with Crippen molar-refractivity contribution < 1.29 is 23.9 Å². The standard InChI is InChI=1S/C11H18N2O5/c1-7(2)10(15)18-5-4-17-9(14)6-8(3)13-11(12)16/h8H,1,4-6H2,2-3H3,(H3,12,13,16). The molecule has 3 N–H and O–H groups in total. The lowest BCUT2D eigenvalue weighted by Crippen LogP contribution is -2.38. The highest BCUT2D eigenvalue weighted by atomic mass is 16.6. The van der Waals surface area contributed by atoms with Gasteiger partial charge in [0.05, 0.1) is 6.42 Å². The maximum absolute atomic E-state index is 11.2. The van der Waals surface area contributed by atoms with Crippen molar-refractivity contribution in [2.45, 2.75) is 26.3 Å². The molecule has 0 aromatic carbocycles. The molecule has 2 amide bonds. The van der Waals surface area contributed by atoms with Gasteiger partial charge in [0.15, 0.2) is 0 Å². The maximum atomic E-state index is 11.2. The Labute approximate surface area is 105 Å². The van der Waals surface area contributed by atoms with Crippen molar-refractivity contribution >= 4 is 18.0 Å². The number of esters is 2. The minimum absolute atomic E-state index is 0.00261. The summed E-state index contributed by atoms with van der Waals surface area (Å²) in [6, 6.07) is -1.11. The molecule has 102 valence electrons. The van der Waals surface area contributed by atoms with Gasteiger partial charge in [-0.3, -0.25) is 4.79 Å². The molecule has 0 spiro atoms. The smallest absolute Gasteiger partial charge is 0.333 e. The highest BCUT2D eigenvalue weighted by Crippen LogP contribution is 1.95. The van der Waals surface area contributed by atoms with Gasteiger partial charge in [-0.15, -0.1) is 0 Å². The minimum atomic E-state index is -0.703. The van der Waals surface area contributed by atoms with Crippen LogP contribution in [0.15, 0.2) is 12.2 Å². The van der Waals surface area contributed by atoms with E-state index >= 15 is 0 Å². The SMILES string of the molecule is C=C(C)C(=O)OCCOC(=O)CC(C)NC(N)=O. The topological polar surface area (TPSA) is 108 Å². The average molecular weight is 258 g/mol. The van der Waals surface area contributed by atoms with Gasteiger partial charge in [0.1, 0.15) is 13.2 Å². The molecule has 0 saturated carbocycles. The number of primary amides is 1. The highest BCUT2D eigenvalue weighted by molar-refractivity contribution is 5.86. The molecule has 7 nitrogen and oxygen atoms in total. The first-order chi connectivity index (χ1) is 8.32. The van der Waals surface area contributed by atoms with E-state index in [4.69, 9.17) is 15.2 Å². The van der Waals surface area contributed by atoms with Crippen molar-refractivity contribution in [3.63, 3.8) is 0 Å². The van der Waals surface area contributed by atoms with Crippen LogP contribution in [0.5, 0.6) is 0 Å². The fraction of sp³-hybridized carbons (Fsp3) is 0.545. The minimum Gasteiger partial charge on any atom is -0.462 e. The molecule has 18 heavy (non-hydrogen) atoms. The second-order valence-electron chi connectivity index (χ2n) is 3.75. The molecule has 0 bridgehead atoms. The van der Waals surface area contributed by atoms with Gasteiger partial charge < -0.3 is 20.5 Å². The summed E-state index contributed by atoms with van der Waals surface area (Å²) in [5, 5.41) is 2.34. The lowest BCUT2D eigenvalue weighted by molar-refractivity contribution is -0.150. The van der Waals surface area contributed by atoms with E-state index in [-0.39, 0.29) is 25.2 Å². The first kappa shape index (κ1) is 16.0. The van der Waals surface area contributed by atoms with E-state index in [1.165, 1.54) is 6.92 Å². The quantitative estimate of drug-likeness (QED) is 0.382. The molecular weight excluding hydrogens is 240 g/mol. The maximum Gasteiger partial charge on any atom is 0.333 e. The van der Waals surface area contributed by atoms with Crippen molar-refractivity contribution in [1.29, 1.82) is 0 Å². The second kappa shape index (κ2) is 8.10. The van der Waals surface area contributed by atoms with Crippen LogP contribution in [-0.4, -0.2) is 37.2 Å². The van der Waals surface area contributed by atoms with Gasteiger partial charge in [-0.25, -0.2) is 9.59 Å². The number of nitrogens with two attached hydrogens (primary N) is 1. The van der Waals surface area contributed by atoms with Crippen molar-refractivity contribution in [2.75, 3.05) is 13.2 Å². The van der Waals surface area contributed by atoms with Crippen molar-refractivity contribution in [3.05, 3.63) is 12.2 Å². The van der Waals surface area contributed by atoms with E-state index in [2.05, 4.69) is 11.9 Å². The summed E-state index contributed by atoms with van der Waals surface area (Å²) in [7, 11) is 0. The molecule has 0 aliphatic heterocycles. The molecule has 0 aromatic heterocycles. The van der Waals surface area contributed by atoms with Crippen LogP contribution in [0.1, 0.15) is 20.3 Å². The van der Waals surface area contributed by atoms with E-state index in [9.17, 15) is 14.4 Å². The van der Waals surface area contributed by atoms with Crippen LogP contribution in [0.2, 0.25) is 0 Å². The van der Waals surface area contributed by atoms with Crippen LogP contribution in [0.3, 0.4) is 0 Å². The van der Waals surface area contributed by atoms with Crippen LogP contribution in [0, 0.1) is 0 Å². The molecule has 0 heterocycles. The number of ether oxygens (including phenoxy) is 2. The Kier molecular flexibility index (Phi) is 7.18.